The quantitative estimate of drug-likeness (QED) is 0.753. The van der Waals surface area contributed by atoms with Crippen LogP contribution < -0.4 is 10.2 Å². The predicted molar refractivity (Wildman–Crippen MR) is 82.7 cm³/mol. The number of nitrogens with zero attached hydrogens (tertiary/aromatic N) is 1. The average Bonchev–Trinajstić information content (AvgIpc) is 2.41. The fourth-order valence-electron chi connectivity index (χ4n) is 2.18. The molecule has 0 atom stereocenters. The topological polar surface area (TPSA) is 24.5 Å². The molecule has 0 radical (unpaired) electrons. The monoisotopic (exact) mass is 282 g/mol. The molecule has 0 saturated carbocycles. The van der Waals surface area contributed by atoms with E-state index >= 15 is 0 Å². The predicted octanol–water partition coefficient (Wildman–Crippen LogP) is 3.04. The summed E-state index contributed by atoms with van der Waals surface area (Å²) < 4.78 is 19.3. The van der Waals surface area contributed by atoms with Crippen LogP contribution in [-0.2, 0) is 11.3 Å². The summed E-state index contributed by atoms with van der Waals surface area (Å²) >= 11 is 0. The van der Waals surface area contributed by atoms with Gasteiger partial charge in [0.2, 0.25) is 0 Å². The highest BCUT2D eigenvalue weighted by atomic mass is 19.1. The number of hydrogen-bond acceptors (Lipinski definition) is 3. The van der Waals surface area contributed by atoms with Crippen LogP contribution in [0.25, 0.3) is 0 Å². The molecule has 3 nitrogen and oxygen atoms in total. The molecule has 4 heteroatoms. The van der Waals surface area contributed by atoms with Gasteiger partial charge >= 0.3 is 0 Å². The van der Waals surface area contributed by atoms with Crippen LogP contribution in [0.2, 0.25) is 0 Å². The third kappa shape index (κ3) is 5.10. The molecule has 1 aromatic carbocycles. The molecule has 0 saturated heterocycles. The third-order valence-corrected chi connectivity index (χ3v) is 3.20. The van der Waals surface area contributed by atoms with Gasteiger partial charge in [-0.05, 0) is 31.0 Å². The van der Waals surface area contributed by atoms with E-state index in [1.54, 1.807) is 13.2 Å². The maximum absolute atomic E-state index is 14.2. The molecular weight excluding hydrogens is 255 g/mol. The zero-order chi connectivity index (χ0) is 15.0. The second-order valence-electron chi connectivity index (χ2n) is 5.34. The smallest absolute Gasteiger partial charge is 0.146 e. The zero-order valence-electron chi connectivity index (χ0n) is 13.1. The molecule has 0 amide bonds. The van der Waals surface area contributed by atoms with Crippen LogP contribution >= 0.6 is 0 Å². The summed E-state index contributed by atoms with van der Waals surface area (Å²) in [6.07, 6.45) is 0. The maximum Gasteiger partial charge on any atom is 0.146 e. The fraction of sp³-hybridized carbons (Fsp3) is 0.625. The molecule has 0 spiro atoms. The van der Waals surface area contributed by atoms with Crippen LogP contribution in [0.3, 0.4) is 0 Å². The van der Waals surface area contributed by atoms with E-state index in [-0.39, 0.29) is 5.82 Å². The van der Waals surface area contributed by atoms with Gasteiger partial charge in [-0.3, -0.25) is 0 Å². The van der Waals surface area contributed by atoms with Gasteiger partial charge in [0.05, 0.1) is 12.3 Å². The van der Waals surface area contributed by atoms with Gasteiger partial charge in [-0.25, -0.2) is 4.39 Å². The van der Waals surface area contributed by atoms with E-state index < -0.39 is 0 Å². The average molecular weight is 282 g/mol. The minimum absolute atomic E-state index is 0.160. The van der Waals surface area contributed by atoms with Crippen LogP contribution in [0.4, 0.5) is 10.1 Å². The van der Waals surface area contributed by atoms with Gasteiger partial charge in [0.25, 0.3) is 0 Å². The molecule has 114 valence electrons. The molecule has 0 bridgehead atoms. The molecule has 1 rings (SSSR count). The van der Waals surface area contributed by atoms with Crippen molar-refractivity contribution in [1.82, 2.24) is 5.32 Å². The molecular formula is C16H27FN2O. The van der Waals surface area contributed by atoms with Gasteiger partial charge in [-0.2, -0.15) is 0 Å². The van der Waals surface area contributed by atoms with Gasteiger partial charge in [0.1, 0.15) is 5.82 Å². The maximum atomic E-state index is 14.2. The minimum atomic E-state index is -0.160. The van der Waals surface area contributed by atoms with Crippen molar-refractivity contribution in [2.45, 2.75) is 27.3 Å². The minimum Gasteiger partial charge on any atom is -0.383 e. The van der Waals surface area contributed by atoms with Crippen LogP contribution in [0.1, 0.15) is 26.3 Å². The SMILES string of the molecule is CCN(CCOC)c1c(F)cccc1CNCC(C)C. The van der Waals surface area contributed by atoms with E-state index in [1.165, 1.54) is 6.07 Å². The second-order valence-corrected chi connectivity index (χ2v) is 5.34. The van der Waals surface area contributed by atoms with Crippen LogP contribution in [0.5, 0.6) is 0 Å². The lowest BCUT2D eigenvalue weighted by atomic mass is 10.1. The normalized spacial score (nSPS) is 11.1. The Morgan fingerprint density at radius 3 is 2.70 bits per heavy atom. The van der Waals surface area contributed by atoms with E-state index in [1.807, 2.05) is 17.9 Å². The van der Waals surface area contributed by atoms with Crippen LogP contribution in [0, 0.1) is 11.7 Å². The van der Waals surface area contributed by atoms with Crippen LogP contribution in [0.15, 0.2) is 18.2 Å². The Hall–Kier alpha value is -1.13. The molecule has 0 unspecified atom stereocenters. The van der Waals surface area contributed by atoms with Crippen molar-refractivity contribution >= 4 is 5.69 Å². The Morgan fingerprint density at radius 1 is 1.35 bits per heavy atom. The number of hydrogen-bond donors (Lipinski definition) is 1. The van der Waals surface area contributed by atoms with E-state index in [2.05, 4.69) is 19.2 Å². The van der Waals surface area contributed by atoms with Crippen molar-refractivity contribution in [2.24, 2.45) is 5.92 Å². The molecule has 0 heterocycles. The molecule has 1 N–H and O–H groups in total. The summed E-state index contributed by atoms with van der Waals surface area (Å²) in [5.41, 5.74) is 1.70. The Bertz CT molecular complexity index is 396. The van der Waals surface area contributed by atoms with E-state index in [0.29, 0.717) is 31.3 Å². The van der Waals surface area contributed by atoms with Gasteiger partial charge in [0, 0.05) is 26.7 Å². The lowest BCUT2D eigenvalue weighted by Gasteiger charge is -2.26. The Balaban J connectivity index is 2.85. The zero-order valence-corrected chi connectivity index (χ0v) is 13.1. The number of rotatable bonds is 9. The van der Waals surface area contributed by atoms with Crippen molar-refractivity contribution in [1.29, 1.82) is 0 Å². The molecule has 0 fully saturated rings. The largest absolute Gasteiger partial charge is 0.383 e. The summed E-state index contributed by atoms with van der Waals surface area (Å²) in [4.78, 5) is 2.03. The molecule has 0 aromatic heterocycles. The highest BCUT2D eigenvalue weighted by Gasteiger charge is 2.14. The van der Waals surface area contributed by atoms with Crippen LogP contribution in [-0.4, -0.2) is 33.4 Å². The lowest BCUT2D eigenvalue weighted by Crippen LogP contribution is -2.30. The van der Waals surface area contributed by atoms with E-state index in [4.69, 9.17) is 4.74 Å². The summed E-state index contributed by atoms with van der Waals surface area (Å²) in [7, 11) is 1.67. The molecule has 1 aromatic rings. The number of para-hydroxylation sites is 1. The Morgan fingerprint density at radius 2 is 2.10 bits per heavy atom. The van der Waals surface area contributed by atoms with Crippen molar-refractivity contribution in [3.63, 3.8) is 0 Å². The first-order valence-electron chi connectivity index (χ1n) is 7.32. The first kappa shape index (κ1) is 16.9. The number of nitrogens with one attached hydrogen (secondary N) is 1. The molecule has 0 aliphatic heterocycles. The third-order valence-electron chi connectivity index (χ3n) is 3.20. The summed E-state index contributed by atoms with van der Waals surface area (Å²) in [6.45, 7) is 10.0. The number of halogens is 1. The van der Waals surface area contributed by atoms with Crippen molar-refractivity contribution in [3.05, 3.63) is 29.6 Å². The first-order valence-corrected chi connectivity index (χ1v) is 7.32. The standard InChI is InChI=1S/C16H27FN2O/c1-5-19(9-10-20-4)16-14(7-6-8-15(16)17)12-18-11-13(2)3/h6-8,13,18H,5,9-12H2,1-4H3. The first-order chi connectivity index (χ1) is 9.60. The molecule has 0 aliphatic carbocycles. The number of methoxy groups -OCH3 is 1. The summed E-state index contributed by atoms with van der Waals surface area (Å²) in [5.74, 6) is 0.426. The fourth-order valence-corrected chi connectivity index (χ4v) is 2.18. The molecule has 0 aliphatic rings. The Labute approximate surface area is 122 Å². The number of ether oxygens (including phenoxy) is 1. The summed E-state index contributed by atoms with van der Waals surface area (Å²) in [5, 5.41) is 3.38. The molecule has 20 heavy (non-hydrogen) atoms. The van der Waals surface area contributed by atoms with Gasteiger partial charge in [-0.1, -0.05) is 26.0 Å². The number of likely N-dealkylation sites (N-methyl/N-ethyl adjacent to an activating group) is 1. The van der Waals surface area contributed by atoms with Gasteiger partial charge < -0.3 is 15.0 Å². The van der Waals surface area contributed by atoms with E-state index in [9.17, 15) is 4.39 Å². The van der Waals surface area contributed by atoms with Crippen molar-refractivity contribution < 1.29 is 9.13 Å². The van der Waals surface area contributed by atoms with Crippen molar-refractivity contribution in [2.75, 3.05) is 38.3 Å². The van der Waals surface area contributed by atoms with Gasteiger partial charge in [0.15, 0.2) is 0 Å². The lowest BCUT2D eigenvalue weighted by molar-refractivity contribution is 0.205. The van der Waals surface area contributed by atoms with E-state index in [0.717, 1.165) is 18.7 Å². The van der Waals surface area contributed by atoms with Gasteiger partial charge in [-0.15, -0.1) is 0 Å². The number of anilines is 1. The van der Waals surface area contributed by atoms with Crippen molar-refractivity contribution in [3.8, 4) is 0 Å². The highest BCUT2D eigenvalue weighted by molar-refractivity contribution is 5.54. The highest BCUT2D eigenvalue weighted by Crippen LogP contribution is 2.24. The second kappa shape index (κ2) is 8.93. The number of benzene rings is 1. The summed E-state index contributed by atoms with van der Waals surface area (Å²) in [6, 6.07) is 5.29. The Kier molecular flexibility index (Phi) is 7.55.